The molecule has 0 spiro atoms. The fourth-order valence-corrected chi connectivity index (χ4v) is 2.16. The zero-order valence-corrected chi connectivity index (χ0v) is 15.4. The van der Waals surface area contributed by atoms with Crippen LogP contribution in [0.3, 0.4) is 0 Å². The Morgan fingerprint density at radius 1 is 0.815 bits per heavy atom. The van der Waals surface area contributed by atoms with Crippen LogP contribution in [0.15, 0.2) is 42.5 Å². The summed E-state index contributed by atoms with van der Waals surface area (Å²) in [6, 6.07) is 11.8. The summed E-state index contributed by atoms with van der Waals surface area (Å²) in [7, 11) is 4.58. The Kier molecular flexibility index (Phi) is 7.30. The largest absolute Gasteiger partial charge is 0.497 e. The summed E-state index contributed by atoms with van der Waals surface area (Å²) in [5.74, 6) is 1.45. The zero-order valence-electron chi connectivity index (χ0n) is 15.4. The van der Waals surface area contributed by atoms with Crippen LogP contribution in [0.1, 0.15) is 0 Å². The van der Waals surface area contributed by atoms with Crippen molar-refractivity contribution in [2.45, 2.75) is 0 Å². The number of benzene rings is 2. The molecule has 0 radical (unpaired) electrons. The van der Waals surface area contributed by atoms with E-state index in [1.165, 1.54) is 14.2 Å². The first kappa shape index (κ1) is 19.9. The summed E-state index contributed by atoms with van der Waals surface area (Å²) >= 11 is 0. The smallest absolute Gasteiger partial charge is 0.258 e. The van der Waals surface area contributed by atoms with Crippen LogP contribution in [0.2, 0.25) is 0 Å². The van der Waals surface area contributed by atoms with Crippen molar-refractivity contribution in [2.24, 2.45) is 0 Å². The first-order valence-corrected chi connectivity index (χ1v) is 8.11. The lowest BCUT2D eigenvalue weighted by molar-refractivity contribution is -0.125. The molecular formula is C19H22N2O6. The summed E-state index contributed by atoms with van der Waals surface area (Å²) in [6.45, 7) is -0.409. The van der Waals surface area contributed by atoms with Crippen LogP contribution in [-0.4, -0.2) is 46.3 Å². The summed E-state index contributed by atoms with van der Waals surface area (Å²) in [5, 5.41) is 5.15. The molecular weight excluding hydrogens is 352 g/mol. The van der Waals surface area contributed by atoms with Gasteiger partial charge in [-0.3, -0.25) is 9.59 Å². The quantitative estimate of drug-likeness (QED) is 0.696. The van der Waals surface area contributed by atoms with Gasteiger partial charge in [-0.15, -0.1) is 0 Å². The molecule has 0 atom stereocenters. The summed E-state index contributed by atoms with van der Waals surface area (Å²) in [5.41, 5.74) is 0.450. The van der Waals surface area contributed by atoms with Crippen molar-refractivity contribution >= 4 is 17.5 Å². The Morgan fingerprint density at radius 3 is 2.07 bits per heavy atom. The molecule has 0 heterocycles. The van der Waals surface area contributed by atoms with Crippen molar-refractivity contribution in [3.8, 4) is 23.0 Å². The third kappa shape index (κ3) is 6.10. The van der Waals surface area contributed by atoms with Crippen molar-refractivity contribution in [1.82, 2.24) is 5.32 Å². The molecule has 0 aliphatic carbocycles. The molecule has 144 valence electrons. The monoisotopic (exact) mass is 374 g/mol. The van der Waals surface area contributed by atoms with E-state index in [9.17, 15) is 9.59 Å². The third-order valence-electron chi connectivity index (χ3n) is 3.56. The molecule has 0 saturated carbocycles. The van der Waals surface area contributed by atoms with Gasteiger partial charge in [0.05, 0.1) is 33.6 Å². The topological polar surface area (TPSA) is 95.1 Å². The predicted molar refractivity (Wildman–Crippen MR) is 99.7 cm³/mol. The van der Waals surface area contributed by atoms with Gasteiger partial charge in [0.2, 0.25) is 5.91 Å². The summed E-state index contributed by atoms with van der Waals surface area (Å²) in [6.07, 6.45) is 0. The van der Waals surface area contributed by atoms with Gasteiger partial charge in [-0.05, 0) is 36.4 Å². The van der Waals surface area contributed by atoms with Crippen LogP contribution in [0.25, 0.3) is 0 Å². The number of anilines is 1. The van der Waals surface area contributed by atoms with Gasteiger partial charge in [0.1, 0.15) is 23.0 Å². The number of hydrogen-bond donors (Lipinski definition) is 2. The van der Waals surface area contributed by atoms with Crippen molar-refractivity contribution in [2.75, 3.05) is 39.8 Å². The minimum Gasteiger partial charge on any atom is -0.497 e. The van der Waals surface area contributed by atoms with Gasteiger partial charge < -0.3 is 29.6 Å². The van der Waals surface area contributed by atoms with Gasteiger partial charge in [-0.25, -0.2) is 0 Å². The number of methoxy groups -OCH3 is 3. The second-order valence-electron chi connectivity index (χ2n) is 5.36. The van der Waals surface area contributed by atoms with E-state index < -0.39 is 11.8 Å². The van der Waals surface area contributed by atoms with Gasteiger partial charge in [-0.1, -0.05) is 0 Å². The highest BCUT2D eigenvalue weighted by Gasteiger charge is 2.11. The van der Waals surface area contributed by atoms with E-state index in [2.05, 4.69) is 10.6 Å². The molecule has 27 heavy (non-hydrogen) atoms. The molecule has 0 aliphatic rings. The number of nitrogens with one attached hydrogen (secondary N) is 2. The lowest BCUT2D eigenvalue weighted by Crippen LogP contribution is -2.35. The van der Waals surface area contributed by atoms with Crippen LogP contribution in [0, 0.1) is 0 Å². The number of hydrogen-bond acceptors (Lipinski definition) is 6. The first-order valence-electron chi connectivity index (χ1n) is 8.11. The Bertz CT molecular complexity index is 776. The zero-order chi connectivity index (χ0) is 19.6. The van der Waals surface area contributed by atoms with Gasteiger partial charge in [0.25, 0.3) is 5.91 Å². The molecule has 2 rings (SSSR count). The number of carbonyl (C=O) groups excluding carboxylic acids is 2. The Balaban J connectivity index is 1.80. The van der Waals surface area contributed by atoms with Crippen molar-refractivity contribution in [1.29, 1.82) is 0 Å². The number of rotatable bonds is 9. The average Bonchev–Trinajstić information content (AvgIpc) is 2.71. The number of ether oxygens (including phenoxy) is 4. The van der Waals surface area contributed by atoms with E-state index in [1.807, 2.05) is 0 Å². The number of carbonyl (C=O) groups is 2. The third-order valence-corrected chi connectivity index (χ3v) is 3.56. The fraction of sp³-hybridized carbons (Fsp3) is 0.263. The predicted octanol–water partition coefficient (Wildman–Crippen LogP) is 1.85. The van der Waals surface area contributed by atoms with E-state index in [0.717, 1.165) is 0 Å². The Morgan fingerprint density at radius 2 is 1.44 bits per heavy atom. The number of amides is 2. The maximum atomic E-state index is 12.1. The minimum atomic E-state index is -0.418. The molecule has 2 aromatic rings. The van der Waals surface area contributed by atoms with Gasteiger partial charge in [-0.2, -0.15) is 0 Å². The van der Waals surface area contributed by atoms with Crippen molar-refractivity contribution < 1.29 is 28.5 Å². The van der Waals surface area contributed by atoms with Crippen LogP contribution in [0.4, 0.5) is 5.69 Å². The fourth-order valence-electron chi connectivity index (χ4n) is 2.16. The Hall–Kier alpha value is -3.42. The molecule has 8 nitrogen and oxygen atoms in total. The maximum absolute atomic E-state index is 12.1. The van der Waals surface area contributed by atoms with Crippen LogP contribution in [-0.2, 0) is 9.59 Å². The second kappa shape index (κ2) is 9.91. The first-order chi connectivity index (χ1) is 13.0. The maximum Gasteiger partial charge on any atom is 0.258 e. The van der Waals surface area contributed by atoms with E-state index in [1.54, 1.807) is 49.6 Å². The molecule has 0 aromatic heterocycles. The molecule has 0 bridgehead atoms. The van der Waals surface area contributed by atoms with Gasteiger partial charge in [0.15, 0.2) is 6.61 Å². The van der Waals surface area contributed by atoms with E-state index >= 15 is 0 Å². The minimum absolute atomic E-state index is 0.203. The molecule has 2 N–H and O–H groups in total. The highest BCUT2D eigenvalue weighted by molar-refractivity contribution is 5.96. The standard InChI is InChI=1S/C19H22N2O6/c1-24-13-4-6-14(7-5-13)27-12-19(23)20-11-18(22)21-16-10-15(25-2)8-9-17(16)26-3/h4-10H,11-12H2,1-3H3,(H,20,23)(H,21,22). The van der Waals surface area contributed by atoms with Crippen LogP contribution in [0.5, 0.6) is 23.0 Å². The molecule has 2 aromatic carbocycles. The average molecular weight is 374 g/mol. The van der Waals surface area contributed by atoms with E-state index in [0.29, 0.717) is 28.7 Å². The second-order valence-corrected chi connectivity index (χ2v) is 5.36. The van der Waals surface area contributed by atoms with Crippen LogP contribution < -0.4 is 29.6 Å². The van der Waals surface area contributed by atoms with Crippen LogP contribution >= 0.6 is 0 Å². The molecule has 0 aliphatic heterocycles. The molecule has 0 unspecified atom stereocenters. The van der Waals surface area contributed by atoms with Crippen molar-refractivity contribution in [3.63, 3.8) is 0 Å². The summed E-state index contributed by atoms with van der Waals surface area (Å²) in [4.78, 5) is 23.9. The highest BCUT2D eigenvalue weighted by atomic mass is 16.5. The Labute approximate surface area is 157 Å². The van der Waals surface area contributed by atoms with Crippen molar-refractivity contribution in [3.05, 3.63) is 42.5 Å². The highest BCUT2D eigenvalue weighted by Crippen LogP contribution is 2.28. The molecule has 0 fully saturated rings. The summed E-state index contributed by atoms with van der Waals surface area (Å²) < 4.78 is 20.7. The molecule has 0 saturated heterocycles. The van der Waals surface area contributed by atoms with E-state index in [-0.39, 0.29) is 13.2 Å². The normalized spacial score (nSPS) is 9.89. The lowest BCUT2D eigenvalue weighted by Gasteiger charge is -2.12. The van der Waals surface area contributed by atoms with Gasteiger partial charge >= 0.3 is 0 Å². The molecule has 8 heteroatoms. The molecule has 2 amide bonds. The van der Waals surface area contributed by atoms with E-state index in [4.69, 9.17) is 18.9 Å². The SMILES string of the molecule is COc1ccc(OCC(=O)NCC(=O)Nc2cc(OC)ccc2OC)cc1. The van der Waals surface area contributed by atoms with Gasteiger partial charge in [0, 0.05) is 6.07 Å². The lowest BCUT2D eigenvalue weighted by atomic mass is 10.2.